The lowest BCUT2D eigenvalue weighted by Gasteiger charge is -2.28. The van der Waals surface area contributed by atoms with Gasteiger partial charge in [0.15, 0.2) is 13.2 Å². The molecule has 0 spiro atoms. The predicted octanol–water partition coefficient (Wildman–Crippen LogP) is 9.99. The van der Waals surface area contributed by atoms with Crippen molar-refractivity contribution in [1.82, 2.24) is 20.6 Å². The first-order chi connectivity index (χ1) is 32.4. The van der Waals surface area contributed by atoms with Crippen LogP contribution in [-0.2, 0) is 12.8 Å². The van der Waals surface area contributed by atoms with Crippen LogP contribution in [0, 0.1) is 13.8 Å². The number of aromatic nitrogens is 2. The average Bonchev–Trinajstić information content (AvgIpc) is 3.31. The Morgan fingerprint density at radius 1 is 0.618 bits per heavy atom. The third kappa shape index (κ3) is 12.6. The molecule has 2 aromatic heterocycles. The molecule has 2 aliphatic heterocycles. The Balaban J connectivity index is 0.000000201. The van der Waals surface area contributed by atoms with E-state index in [0.717, 1.165) is 70.4 Å². The van der Waals surface area contributed by atoms with Crippen molar-refractivity contribution in [3.8, 4) is 33.8 Å². The van der Waals surface area contributed by atoms with Gasteiger partial charge in [-0.25, -0.2) is 9.59 Å². The first-order valence-electron chi connectivity index (χ1n) is 21.6. The van der Waals surface area contributed by atoms with Crippen molar-refractivity contribution in [2.45, 2.75) is 51.1 Å². The third-order valence-electron chi connectivity index (χ3n) is 11.5. The van der Waals surface area contributed by atoms with Gasteiger partial charge in [0.1, 0.15) is 11.5 Å². The number of aromatic carboxylic acids is 2. The van der Waals surface area contributed by atoms with Crippen molar-refractivity contribution in [2.75, 3.05) is 50.0 Å². The fourth-order valence-corrected chi connectivity index (χ4v) is 8.30. The molecule has 0 saturated heterocycles. The number of benzene rings is 4. The van der Waals surface area contributed by atoms with E-state index in [9.17, 15) is 46.1 Å². The van der Waals surface area contributed by atoms with E-state index in [2.05, 4.69) is 43.4 Å². The van der Waals surface area contributed by atoms with E-state index in [4.69, 9.17) is 9.47 Å². The van der Waals surface area contributed by atoms with Gasteiger partial charge in [-0.3, -0.25) is 9.97 Å². The van der Waals surface area contributed by atoms with Crippen LogP contribution in [0.3, 0.4) is 0 Å². The molecule has 0 aliphatic carbocycles. The third-order valence-corrected chi connectivity index (χ3v) is 11.5. The molecule has 0 radical (unpaired) electrons. The van der Waals surface area contributed by atoms with Gasteiger partial charge < -0.3 is 41.0 Å². The normalized spacial score (nSPS) is 15.5. The number of rotatable bonds is 14. The molecule has 18 heteroatoms. The zero-order valence-electron chi connectivity index (χ0n) is 36.9. The van der Waals surface area contributed by atoms with Gasteiger partial charge in [-0.1, -0.05) is 48.5 Å². The van der Waals surface area contributed by atoms with Crippen molar-refractivity contribution in [2.24, 2.45) is 0 Å². The summed E-state index contributed by atoms with van der Waals surface area (Å²) in [5, 5.41) is 32.0. The quantitative estimate of drug-likeness (QED) is 0.0573. The Morgan fingerprint density at radius 2 is 1.03 bits per heavy atom. The Bertz CT molecular complexity index is 2580. The summed E-state index contributed by atoms with van der Waals surface area (Å²) >= 11 is 0. The topological polar surface area (TPSA) is 167 Å². The molecular weight excluding hydrogens is 895 g/mol. The number of carbonyl (C=O) groups is 2. The Hall–Kier alpha value is -7.18. The molecule has 2 atom stereocenters. The molecule has 0 bridgehead atoms. The molecule has 68 heavy (non-hydrogen) atoms. The van der Waals surface area contributed by atoms with Crippen LogP contribution >= 0.6 is 0 Å². The molecule has 8 rings (SSSR count). The summed E-state index contributed by atoms with van der Waals surface area (Å²) in [5.74, 6) is -1.67. The smallest absolute Gasteiger partial charge is 0.422 e. The Labute approximate surface area is 387 Å². The maximum absolute atomic E-state index is 12.4. The zero-order chi connectivity index (χ0) is 48.6. The fourth-order valence-electron chi connectivity index (χ4n) is 8.30. The lowest BCUT2D eigenvalue weighted by molar-refractivity contribution is -0.154. The standard InChI is InChI=1S/2C25H24F3N3O3/c2*1-15-10-18(34-14-25(26,27)28)3-5-19(15)16-2-4-20-17(11-16)6-9-30-23(20)13-31-22-12-29-8-7-21(22)24(32)33/h2*2-5,7-8,10-12,23,30-31H,6,9,13-14H2,1H3,(H,32,33)/t2*23-/m10/s1. The minimum atomic E-state index is -4.38. The van der Waals surface area contributed by atoms with Crippen LogP contribution in [0.2, 0.25) is 0 Å². The van der Waals surface area contributed by atoms with E-state index in [1.165, 1.54) is 48.0 Å². The summed E-state index contributed by atoms with van der Waals surface area (Å²) in [6.07, 6.45) is -1.20. The Kier molecular flexibility index (Phi) is 15.2. The van der Waals surface area contributed by atoms with Gasteiger partial charge >= 0.3 is 24.3 Å². The van der Waals surface area contributed by atoms with Gasteiger partial charge in [0, 0.05) is 37.6 Å². The van der Waals surface area contributed by atoms with Crippen LogP contribution in [-0.4, -0.2) is 83.9 Å². The number of halogens is 6. The van der Waals surface area contributed by atoms with Gasteiger partial charge in [0.2, 0.25) is 0 Å². The number of nitrogens with one attached hydrogen (secondary N) is 4. The molecule has 0 fully saturated rings. The number of aryl methyl sites for hydroxylation is 2. The number of hydrogen-bond acceptors (Lipinski definition) is 10. The Morgan fingerprint density at radius 3 is 1.40 bits per heavy atom. The molecular formula is C50H48F6N6O6. The lowest BCUT2D eigenvalue weighted by atomic mass is 9.89. The monoisotopic (exact) mass is 942 g/mol. The SMILES string of the molecule is Cc1cc(OCC(F)(F)F)ccc1-c1ccc2c(c1)CCN[C@@H]2CNc1cnccc1C(=O)O.Cc1cc(OCC(F)(F)F)ccc1-c1ccc2c(c1)CCN[C@H]2CNc1cnccc1C(=O)O. The molecule has 2 aliphatic rings. The summed E-state index contributed by atoms with van der Waals surface area (Å²) in [4.78, 5) is 30.9. The van der Waals surface area contributed by atoms with E-state index in [0.29, 0.717) is 24.5 Å². The number of fused-ring (bicyclic) bond motifs is 2. The molecule has 4 aromatic carbocycles. The average molecular weight is 943 g/mol. The highest BCUT2D eigenvalue weighted by Crippen LogP contribution is 2.35. The van der Waals surface area contributed by atoms with Gasteiger partial charge in [0.05, 0.1) is 34.9 Å². The minimum absolute atomic E-state index is 0.0149. The van der Waals surface area contributed by atoms with Crippen molar-refractivity contribution in [3.63, 3.8) is 0 Å². The number of nitrogens with zero attached hydrogens (tertiary/aromatic N) is 2. The van der Waals surface area contributed by atoms with Crippen LogP contribution in [0.15, 0.2) is 110 Å². The molecule has 4 heterocycles. The number of carboxylic acid groups (broad SMARTS) is 2. The first-order valence-corrected chi connectivity index (χ1v) is 21.6. The highest BCUT2D eigenvalue weighted by molar-refractivity contribution is 5.94. The summed E-state index contributed by atoms with van der Waals surface area (Å²) in [6, 6.07) is 25.0. The number of pyridine rings is 2. The number of hydrogen-bond donors (Lipinski definition) is 6. The van der Waals surface area contributed by atoms with Crippen LogP contribution in [0.5, 0.6) is 11.5 Å². The predicted molar refractivity (Wildman–Crippen MR) is 245 cm³/mol. The highest BCUT2D eigenvalue weighted by atomic mass is 19.4. The molecule has 0 saturated carbocycles. The van der Waals surface area contributed by atoms with Crippen molar-refractivity contribution in [3.05, 3.63) is 154 Å². The van der Waals surface area contributed by atoms with E-state index in [-0.39, 0.29) is 34.7 Å². The second-order valence-electron chi connectivity index (χ2n) is 16.3. The van der Waals surface area contributed by atoms with Gasteiger partial charge in [0.25, 0.3) is 0 Å². The van der Waals surface area contributed by atoms with Gasteiger partial charge in [-0.05, 0) is 132 Å². The van der Waals surface area contributed by atoms with Crippen LogP contribution < -0.4 is 30.7 Å². The highest BCUT2D eigenvalue weighted by Gasteiger charge is 2.30. The van der Waals surface area contributed by atoms with Gasteiger partial charge in [-0.2, -0.15) is 26.3 Å². The molecule has 356 valence electrons. The summed E-state index contributed by atoms with van der Waals surface area (Å²) in [5.41, 5.74) is 11.3. The minimum Gasteiger partial charge on any atom is -0.484 e. The zero-order valence-corrected chi connectivity index (χ0v) is 36.9. The maximum atomic E-state index is 12.4. The second-order valence-corrected chi connectivity index (χ2v) is 16.3. The number of carboxylic acids is 2. The van der Waals surface area contributed by atoms with Crippen molar-refractivity contribution >= 4 is 23.3 Å². The van der Waals surface area contributed by atoms with E-state index >= 15 is 0 Å². The van der Waals surface area contributed by atoms with Crippen LogP contribution in [0.25, 0.3) is 22.3 Å². The van der Waals surface area contributed by atoms with Gasteiger partial charge in [-0.15, -0.1) is 0 Å². The molecule has 6 aromatic rings. The summed E-state index contributed by atoms with van der Waals surface area (Å²) in [6.45, 7) is 3.57. The second kappa shape index (κ2) is 21.2. The largest absolute Gasteiger partial charge is 0.484 e. The molecule has 0 amide bonds. The fraction of sp³-hybridized carbons (Fsp3) is 0.280. The molecule has 6 N–H and O–H groups in total. The number of ether oxygens (including phenoxy) is 2. The number of alkyl halides is 6. The molecule has 0 unspecified atom stereocenters. The van der Waals surface area contributed by atoms with Crippen LogP contribution in [0.1, 0.15) is 66.2 Å². The maximum Gasteiger partial charge on any atom is 0.422 e. The summed E-state index contributed by atoms with van der Waals surface area (Å²) in [7, 11) is 0. The van der Waals surface area contributed by atoms with E-state index in [1.54, 1.807) is 36.4 Å². The molecule has 12 nitrogen and oxygen atoms in total. The van der Waals surface area contributed by atoms with E-state index < -0.39 is 37.5 Å². The van der Waals surface area contributed by atoms with Crippen molar-refractivity contribution in [1.29, 1.82) is 0 Å². The number of anilines is 2. The first kappa shape index (κ1) is 48.7. The summed E-state index contributed by atoms with van der Waals surface area (Å²) < 4.78 is 84.2. The van der Waals surface area contributed by atoms with Crippen LogP contribution in [0.4, 0.5) is 37.7 Å². The van der Waals surface area contributed by atoms with E-state index in [1.807, 2.05) is 38.1 Å². The van der Waals surface area contributed by atoms with Crippen molar-refractivity contribution < 1.29 is 55.6 Å². The lowest BCUT2D eigenvalue weighted by Crippen LogP contribution is -2.34.